The van der Waals surface area contributed by atoms with Gasteiger partial charge in [-0.25, -0.2) is 0 Å². The second-order valence-corrected chi connectivity index (χ2v) is 7.08. The number of hydrogen-bond donors (Lipinski definition) is 1. The van der Waals surface area contributed by atoms with Gasteiger partial charge < -0.3 is 19.3 Å². The largest absolute Gasteiger partial charge is 0.496 e. The number of benzene rings is 1. The van der Waals surface area contributed by atoms with Gasteiger partial charge in [-0.3, -0.25) is 14.7 Å². The van der Waals surface area contributed by atoms with Crippen molar-refractivity contribution in [1.82, 2.24) is 9.88 Å². The predicted molar refractivity (Wildman–Crippen MR) is 109 cm³/mol. The van der Waals surface area contributed by atoms with Gasteiger partial charge in [0, 0.05) is 36.0 Å². The summed E-state index contributed by atoms with van der Waals surface area (Å²) in [7, 11) is 4.77. The Morgan fingerprint density at radius 3 is 2.48 bits per heavy atom. The highest BCUT2D eigenvalue weighted by molar-refractivity contribution is 5.73. The number of aromatic nitrogens is 1. The average Bonchev–Trinajstić information content (AvgIpc) is 2.77. The van der Waals surface area contributed by atoms with E-state index in [2.05, 4.69) is 9.88 Å². The predicted octanol–water partition coefficient (Wildman–Crippen LogP) is 3.33. The minimum absolute atomic E-state index is 0.221. The number of hydrogen-bond acceptors (Lipinski definition) is 6. The lowest BCUT2D eigenvalue weighted by molar-refractivity contribution is -0.146. The number of pyridine rings is 1. The molecule has 0 bridgehead atoms. The van der Waals surface area contributed by atoms with Crippen LogP contribution in [0.3, 0.4) is 0 Å². The summed E-state index contributed by atoms with van der Waals surface area (Å²) in [5.41, 5.74) is 1.76. The number of aliphatic carboxylic acids is 1. The minimum atomic E-state index is -0.796. The summed E-state index contributed by atoms with van der Waals surface area (Å²) in [4.78, 5) is 18.5. The van der Waals surface area contributed by atoms with Crippen molar-refractivity contribution in [3.8, 4) is 17.2 Å². The molecule has 156 valence electrons. The van der Waals surface area contributed by atoms with Crippen LogP contribution in [0.2, 0.25) is 0 Å². The molecule has 1 aromatic heterocycles. The minimum Gasteiger partial charge on any atom is -0.496 e. The molecule has 2 atom stereocenters. The Morgan fingerprint density at radius 1 is 1.14 bits per heavy atom. The summed E-state index contributed by atoms with van der Waals surface area (Å²) >= 11 is 0. The molecule has 1 N–H and O–H groups in total. The molecule has 0 saturated carbocycles. The Balaban J connectivity index is 2.10. The van der Waals surface area contributed by atoms with E-state index in [9.17, 15) is 9.90 Å². The molecular weight excluding hydrogens is 372 g/mol. The molecule has 1 aliphatic rings. The lowest BCUT2D eigenvalue weighted by Crippen LogP contribution is -2.47. The van der Waals surface area contributed by atoms with Crippen molar-refractivity contribution in [3.05, 3.63) is 47.8 Å². The quantitative estimate of drug-likeness (QED) is 0.728. The van der Waals surface area contributed by atoms with Crippen LogP contribution < -0.4 is 14.2 Å². The molecular formula is C22H28N2O5. The highest BCUT2D eigenvalue weighted by Gasteiger charge is 2.36. The van der Waals surface area contributed by atoms with Crippen LogP contribution in [-0.4, -0.2) is 54.9 Å². The number of piperidine rings is 1. The molecule has 1 aromatic carbocycles. The lowest BCUT2D eigenvalue weighted by atomic mass is 9.92. The fraction of sp³-hybridized carbons (Fsp3) is 0.455. The summed E-state index contributed by atoms with van der Waals surface area (Å²) in [5.74, 6) is 0.991. The summed E-state index contributed by atoms with van der Waals surface area (Å²) in [6.07, 6.45) is 4.81. The van der Waals surface area contributed by atoms with Crippen LogP contribution in [0.25, 0.3) is 0 Å². The van der Waals surface area contributed by atoms with E-state index in [-0.39, 0.29) is 6.04 Å². The third kappa shape index (κ3) is 4.62. The maximum Gasteiger partial charge on any atom is 0.320 e. The van der Waals surface area contributed by atoms with Crippen LogP contribution in [-0.2, 0) is 11.2 Å². The Bertz CT molecular complexity index is 827. The Hall–Kier alpha value is -2.80. The van der Waals surface area contributed by atoms with Crippen molar-refractivity contribution < 1.29 is 24.1 Å². The van der Waals surface area contributed by atoms with Crippen molar-refractivity contribution in [3.63, 3.8) is 0 Å². The smallest absolute Gasteiger partial charge is 0.320 e. The van der Waals surface area contributed by atoms with Crippen molar-refractivity contribution in [1.29, 1.82) is 0 Å². The molecule has 1 saturated heterocycles. The molecule has 2 unspecified atom stereocenters. The normalized spacial score (nSPS) is 18.1. The lowest BCUT2D eigenvalue weighted by Gasteiger charge is -2.39. The third-order valence-corrected chi connectivity index (χ3v) is 5.45. The first-order valence-electron chi connectivity index (χ1n) is 9.77. The summed E-state index contributed by atoms with van der Waals surface area (Å²) in [5, 5.41) is 9.85. The Kier molecular flexibility index (Phi) is 6.93. The first-order chi connectivity index (χ1) is 14.1. The number of carboxylic acids is 1. The van der Waals surface area contributed by atoms with Crippen molar-refractivity contribution in [2.45, 2.75) is 37.8 Å². The molecule has 2 heterocycles. The molecule has 1 aliphatic heterocycles. The zero-order chi connectivity index (χ0) is 20.8. The first kappa shape index (κ1) is 20.9. The summed E-state index contributed by atoms with van der Waals surface area (Å²) in [6.45, 7) is 0.700. The summed E-state index contributed by atoms with van der Waals surface area (Å²) in [6, 6.07) is 8.68. The number of ether oxygens (including phenoxy) is 3. The van der Waals surface area contributed by atoms with Crippen LogP contribution in [0.15, 0.2) is 36.5 Å². The maximum absolute atomic E-state index is 12.0. The number of methoxy groups -OCH3 is 3. The molecule has 7 nitrogen and oxygen atoms in total. The van der Waals surface area contributed by atoms with E-state index in [0.717, 1.165) is 24.1 Å². The number of rotatable bonds is 8. The Morgan fingerprint density at radius 2 is 1.86 bits per heavy atom. The molecule has 2 aromatic rings. The number of carbonyl (C=O) groups is 1. The standard InChI is InChI=1S/C22H28N2O5/c1-27-19-14-21(29-3)20(28-2)13-16(19)18(12-15-8-4-6-10-23-15)24-11-7-5-9-17(24)22(25)26/h4,6,8,10,13-14,17-18H,5,7,9,11-12H2,1-3H3,(H,25,26). The third-order valence-electron chi connectivity index (χ3n) is 5.45. The van der Waals surface area contributed by atoms with Gasteiger partial charge in [0.15, 0.2) is 11.5 Å². The van der Waals surface area contributed by atoms with Crippen LogP contribution in [0.5, 0.6) is 17.2 Å². The first-order valence-corrected chi connectivity index (χ1v) is 9.77. The van der Waals surface area contributed by atoms with E-state index in [1.54, 1.807) is 33.6 Å². The fourth-order valence-electron chi connectivity index (χ4n) is 4.03. The van der Waals surface area contributed by atoms with E-state index >= 15 is 0 Å². The zero-order valence-corrected chi connectivity index (χ0v) is 17.1. The van der Waals surface area contributed by atoms with E-state index in [4.69, 9.17) is 14.2 Å². The Labute approximate surface area is 171 Å². The van der Waals surface area contributed by atoms with Crippen LogP contribution in [0, 0.1) is 0 Å². The second-order valence-electron chi connectivity index (χ2n) is 7.08. The van der Waals surface area contributed by atoms with Crippen LogP contribution >= 0.6 is 0 Å². The molecule has 0 amide bonds. The molecule has 0 spiro atoms. The second kappa shape index (κ2) is 9.60. The highest BCUT2D eigenvalue weighted by atomic mass is 16.5. The van der Waals surface area contributed by atoms with Gasteiger partial charge in [-0.05, 0) is 37.6 Å². The maximum atomic E-state index is 12.0. The topological polar surface area (TPSA) is 81.1 Å². The molecule has 7 heteroatoms. The molecule has 0 radical (unpaired) electrons. The van der Waals surface area contributed by atoms with Gasteiger partial charge in [0.05, 0.1) is 21.3 Å². The number of likely N-dealkylation sites (tertiary alicyclic amines) is 1. The van der Waals surface area contributed by atoms with Gasteiger partial charge in [-0.2, -0.15) is 0 Å². The van der Waals surface area contributed by atoms with E-state index in [0.29, 0.717) is 36.6 Å². The zero-order valence-electron chi connectivity index (χ0n) is 17.1. The van der Waals surface area contributed by atoms with Crippen LogP contribution in [0.1, 0.15) is 36.6 Å². The van der Waals surface area contributed by atoms with Gasteiger partial charge in [0.2, 0.25) is 0 Å². The molecule has 1 fully saturated rings. The van der Waals surface area contributed by atoms with Gasteiger partial charge in [0.25, 0.3) is 0 Å². The SMILES string of the molecule is COc1cc(OC)c(C(Cc2ccccn2)N2CCCCC2C(=O)O)cc1OC. The summed E-state index contributed by atoms with van der Waals surface area (Å²) < 4.78 is 16.6. The van der Waals surface area contributed by atoms with Gasteiger partial charge in [-0.1, -0.05) is 12.5 Å². The van der Waals surface area contributed by atoms with E-state index in [1.807, 2.05) is 24.3 Å². The van der Waals surface area contributed by atoms with E-state index < -0.39 is 12.0 Å². The molecule has 29 heavy (non-hydrogen) atoms. The van der Waals surface area contributed by atoms with Crippen LogP contribution in [0.4, 0.5) is 0 Å². The van der Waals surface area contributed by atoms with Crippen molar-refractivity contribution in [2.75, 3.05) is 27.9 Å². The monoisotopic (exact) mass is 400 g/mol. The van der Waals surface area contributed by atoms with Gasteiger partial charge >= 0.3 is 5.97 Å². The average molecular weight is 400 g/mol. The molecule has 3 rings (SSSR count). The fourth-order valence-corrected chi connectivity index (χ4v) is 4.03. The number of carboxylic acid groups (broad SMARTS) is 1. The van der Waals surface area contributed by atoms with Gasteiger partial charge in [-0.15, -0.1) is 0 Å². The number of nitrogens with zero attached hydrogens (tertiary/aromatic N) is 2. The van der Waals surface area contributed by atoms with Crippen molar-refractivity contribution >= 4 is 5.97 Å². The molecule has 0 aliphatic carbocycles. The highest BCUT2D eigenvalue weighted by Crippen LogP contribution is 2.42. The van der Waals surface area contributed by atoms with E-state index in [1.165, 1.54) is 0 Å². The van der Waals surface area contributed by atoms with Gasteiger partial charge in [0.1, 0.15) is 11.8 Å². The van der Waals surface area contributed by atoms with Crippen molar-refractivity contribution in [2.24, 2.45) is 0 Å².